The standard InChI is InChI=1S/C14H15F3O2S/c15-14(16,17)12-7-6-10(8-11(12)13(18)19)20-9-4-2-1-3-5-9/h6-9H,1-5H2,(H,18,19). The molecule has 1 aromatic carbocycles. The Kier molecular flexibility index (Phi) is 4.62. The average Bonchev–Trinajstić information content (AvgIpc) is 2.38. The lowest BCUT2D eigenvalue weighted by molar-refractivity contribution is -0.138. The van der Waals surface area contributed by atoms with Crippen LogP contribution < -0.4 is 0 Å². The highest BCUT2D eigenvalue weighted by Crippen LogP contribution is 2.37. The van der Waals surface area contributed by atoms with Crippen LogP contribution in [0.1, 0.15) is 48.0 Å². The number of aromatic carboxylic acids is 1. The number of alkyl halides is 3. The predicted octanol–water partition coefficient (Wildman–Crippen LogP) is 4.83. The van der Waals surface area contributed by atoms with Crippen LogP contribution in [0.4, 0.5) is 13.2 Å². The van der Waals surface area contributed by atoms with E-state index < -0.39 is 23.3 Å². The van der Waals surface area contributed by atoms with E-state index >= 15 is 0 Å². The molecule has 1 fully saturated rings. The maximum Gasteiger partial charge on any atom is 0.417 e. The van der Waals surface area contributed by atoms with Crippen molar-refractivity contribution in [2.75, 3.05) is 0 Å². The molecule has 2 nitrogen and oxygen atoms in total. The quantitative estimate of drug-likeness (QED) is 0.869. The number of halogens is 3. The molecule has 0 spiro atoms. The second-order valence-electron chi connectivity index (χ2n) is 4.89. The van der Waals surface area contributed by atoms with Crippen LogP contribution in [-0.4, -0.2) is 16.3 Å². The first kappa shape index (κ1) is 15.2. The van der Waals surface area contributed by atoms with Gasteiger partial charge in [-0.1, -0.05) is 19.3 Å². The Morgan fingerprint density at radius 3 is 2.40 bits per heavy atom. The molecule has 110 valence electrons. The summed E-state index contributed by atoms with van der Waals surface area (Å²) in [7, 11) is 0. The molecule has 1 aromatic rings. The first-order valence-electron chi connectivity index (χ1n) is 6.49. The summed E-state index contributed by atoms with van der Waals surface area (Å²) in [6.45, 7) is 0. The van der Waals surface area contributed by atoms with Crippen LogP contribution in [0.2, 0.25) is 0 Å². The maximum absolute atomic E-state index is 12.7. The van der Waals surface area contributed by atoms with Crippen molar-refractivity contribution in [1.82, 2.24) is 0 Å². The summed E-state index contributed by atoms with van der Waals surface area (Å²) in [4.78, 5) is 11.6. The molecule has 0 heterocycles. The molecule has 0 saturated heterocycles. The van der Waals surface area contributed by atoms with Crippen LogP contribution in [0, 0.1) is 0 Å². The van der Waals surface area contributed by atoms with Gasteiger partial charge in [-0.3, -0.25) is 0 Å². The van der Waals surface area contributed by atoms with Crippen LogP contribution in [-0.2, 0) is 6.18 Å². The minimum absolute atomic E-state index is 0.377. The zero-order valence-electron chi connectivity index (χ0n) is 10.7. The van der Waals surface area contributed by atoms with Gasteiger partial charge in [-0.15, -0.1) is 11.8 Å². The van der Waals surface area contributed by atoms with E-state index in [9.17, 15) is 18.0 Å². The Morgan fingerprint density at radius 2 is 1.85 bits per heavy atom. The van der Waals surface area contributed by atoms with Crippen molar-refractivity contribution in [3.05, 3.63) is 29.3 Å². The van der Waals surface area contributed by atoms with Crippen LogP contribution in [0.5, 0.6) is 0 Å². The molecule has 0 aliphatic heterocycles. The molecule has 1 saturated carbocycles. The van der Waals surface area contributed by atoms with Crippen molar-refractivity contribution in [2.45, 2.75) is 48.4 Å². The molecule has 0 bridgehead atoms. The van der Waals surface area contributed by atoms with Crippen LogP contribution >= 0.6 is 11.8 Å². The Balaban J connectivity index is 2.23. The summed E-state index contributed by atoms with van der Waals surface area (Å²) in [5, 5.41) is 9.33. The maximum atomic E-state index is 12.7. The van der Waals surface area contributed by atoms with Gasteiger partial charge in [0.1, 0.15) is 0 Å². The molecule has 1 aliphatic carbocycles. The molecule has 0 radical (unpaired) electrons. The second kappa shape index (κ2) is 6.08. The number of thioether (sulfide) groups is 1. The van der Waals surface area contributed by atoms with Crippen LogP contribution in [0.15, 0.2) is 23.1 Å². The third kappa shape index (κ3) is 3.69. The molecule has 1 N–H and O–H groups in total. The molecular weight excluding hydrogens is 289 g/mol. The smallest absolute Gasteiger partial charge is 0.417 e. The largest absolute Gasteiger partial charge is 0.478 e. The summed E-state index contributed by atoms with van der Waals surface area (Å²) < 4.78 is 38.2. The first-order valence-corrected chi connectivity index (χ1v) is 7.37. The molecule has 0 aromatic heterocycles. The summed E-state index contributed by atoms with van der Waals surface area (Å²) in [5.74, 6) is -1.54. The minimum Gasteiger partial charge on any atom is -0.478 e. The second-order valence-corrected chi connectivity index (χ2v) is 6.26. The molecule has 1 aliphatic rings. The third-order valence-corrected chi connectivity index (χ3v) is 4.71. The lowest BCUT2D eigenvalue weighted by Crippen LogP contribution is -2.13. The lowest BCUT2D eigenvalue weighted by Gasteiger charge is -2.21. The van der Waals surface area contributed by atoms with Gasteiger partial charge in [0.25, 0.3) is 0 Å². The van der Waals surface area contributed by atoms with E-state index in [1.165, 1.54) is 24.2 Å². The summed E-state index contributed by atoms with van der Waals surface area (Å²) >= 11 is 1.48. The lowest BCUT2D eigenvalue weighted by atomic mass is 10.0. The highest BCUT2D eigenvalue weighted by atomic mass is 32.2. The van der Waals surface area contributed by atoms with Gasteiger partial charge >= 0.3 is 12.1 Å². The van der Waals surface area contributed by atoms with Crippen LogP contribution in [0.25, 0.3) is 0 Å². The van der Waals surface area contributed by atoms with Gasteiger partial charge in [0.05, 0.1) is 11.1 Å². The van der Waals surface area contributed by atoms with Gasteiger partial charge in [-0.05, 0) is 31.0 Å². The van der Waals surface area contributed by atoms with Crippen molar-refractivity contribution in [3.63, 3.8) is 0 Å². The van der Waals surface area contributed by atoms with E-state index in [1.54, 1.807) is 0 Å². The van der Waals surface area contributed by atoms with Gasteiger partial charge in [0, 0.05) is 10.1 Å². The van der Waals surface area contributed by atoms with E-state index in [2.05, 4.69) is 0 Å². The SMILES string of the molecule is O=C(O)c1cc(SC2CCCCC2)ccc1C(F)(F)F. The molecule has 0 amide bonds. The zero-order chi connectivity index (χ0) is 14.8. The minimum atomic E-state index is -4.64. The van der Waals surface area contributed by atoms with Crippen molar-refractivity contribution < 1.29 is 23.1 Å². The fourth-order valence-corrected chi connectivity index (χ4v) is 3.68. The van der Waals surface area contributed by atoms with Crippen molar-refractivity contribution in [1.29, 1.82) is 0 Å². The number of carboxylic acid groups (broad SMARTS) is 1. The molecule has 20 heavy (non-hydrogen) atoms. The number of carbonyl (C=O) groups is 1. The van der Waals surface area contributed by atoms with E-state index in [0.717, 1.165) is 37.8 Å². The molecular formula is C14H15F3O2S. The van der Waals surface area contributed by atoms with Gasteiger partial charge in [-0.2, -0.15) is 13.2 Å². The third-order valence-electron chi connectivity index (χ3n) is 3.38. The topological polar surface area (TPSA) is 37.3 Å². The van der Waals surface area contributed by atoms with Gasteiger partial charge < -0.3 is 5.11 Å². The first-order chi connectivity index (χ1) is 9.38. The fourth-order valence-electron chi connectivity index (χ4n) is 2.40. The van der Waals surface area contributed by atoms with Crippen molar-refractivity contribution in [3.8, 4) is 0 Å². The summed E-state index contributed by atoms with van der Waals surface area (Å²) in [6.07, 6.45) is 0.891. The van der Waals surface area contributed by atoms with E-state index in [4.69, 9.17) is 5.11 Å². The number of benzene rings is 1. The number of carboxylic acids is 1. The predicted molar refractivity (Wildman–Crippen MR) is 71.1 cm³/mol. The van der Waals surface area contributed by atoms with Gasteiger partial charge in [-0.25, -0.2) is 4.79 Å². The highest BCUT2D eigenvalue weighted by molar-refractivity contribution is 8.00. The van der Waals surface area contributed by atoms with E-state index in [1.807, 2.05) is 0 Å². The highest BCUT2D eigenvalue weighted by Gasteiger charge is 2.35. The Morgan fingerprint density at radius 1 is 1.20 bits per heavy atom. The summed E-state index contributed by atoms with van der Waals surface area (Å²) in [5.41, 5.74) is -1.75. The Labute approximate surface area is 119 Å². The number of rotatable bonds is 3. The number of hydrogen-bond acceptors (Lipinski definition) is 2. The van der Waals surface area contributed by atoms with Crippen molar-refractivity contribution >= 4 is 17.7 Å². The van der Waals surface area contributed by atoms with Crippen molar-refractivity contribution in [2.24, 2.45) is 0 Å². The molecule has 0 atom stereocenters. The summed E-state index contributed by atoms with van der Waals surface area (Å²) in [6, 6.07) is 3.38. The Hall–Kier alpha value is -1.17. The normalized spacial score (nSPS) is 17.1. The number of hydrogen-bond donors (Lipinski definition) is 1. The fraction of sp³-hybridized carbons (Fsp3) is 0.500. The van der Waals surface area contributed by atoms with Crippen LogP contribution in [0.3, 0.4) is 0 Å². The van der Waals surface area contributed by atoms with E-state index in [0.29, 0.717) is 10.1 Å². The monoisotopic (exact) mass is 304 g/mol. The van der Waals surface area contributed by atoms with E-state index in [-0.39, 0.29) is 0 Å². The zero-order valence-corrected chi connectivity index (χ0v) is 11.6. The molecule has 2 rings (SSSR count). The Bertz CT molecular complexity index is 494. The van der Waals surface area contributed by atoms with Gasteiger partial charge in [0.2, 0.25) is 0 Å². The molecule has 6 heteroatoms. The van der Waals surface area contributed by atoms with Gasteiger partial charge in [0.15, 0.2) is 0 Å². The average molecular weight is 304 g/mol. The molecule has 0 unspecified atom stereocenters.